The van der Waals surface area contributed by atoms with E-state index in [0.717, 1.165) is 13.0 Å². The lowest BCUT2D eigenvalue weighted by molar-refractivity contribution is -0.121. The summed E-state index contributed by atoms with van der Waals surface area (Å²) in [7, 11) is 1.73. The van der Waals surface area contributed by atoms with Crippen LogP contribution >= 0.6 is 24.0 Å². The zero-order valence-corrected chi connectivity index (χ0v) is 17.4. The number of hydrogen-bond donors (Lipinski definition) is 3. The molecular weight excluding hydrogens is 407 g/mol. The highest BCUT2D eigenvalue weighted by atomic mass is 127. The van der Waals surface area contributed by atoms with E-state index in [0.29, 0.717) is 24.0 Å². The molecule has 3 N–H and O–H groups in total. The molecule has 6 nitrogen and oxygen atoms in total. The molecule has 0 aromatic carbocycles. The van der Waals surface area contributed by atoms with E-state index in [9.17, 15) is 4.79 Å². The van der Waals surface area contributed by atoms with E-state index in [1.165, 1.54) is 0 Å². The van der Waals surface area contributed by atoms with Crippen molar-refractivity contribution >= 4 is 35.8 Å². The molecule has 0 bridgehead atoms. The minimum absolute atomic E-state index is 0. The van der Waals surface area contributed by atoms with Crippen molar-refractivity contribution < 1.29 is 9.53 Å². The summed E-state index contributed by atoms with van der Waals surface area (Å²) in [5.41, 5.74) is -0.132. The molecule has 2 rings (SSSR count). The van der Waals surface area contributed by atoms with Crippen LogP contribution in [0, 0.1) is 11.3 Å². The van der Waals surface area contributed by atoms with Crippen molar-refractivity contribution in [1.29, 1.82) is 0 Å². The van der Waals surface area contributed by atoms with Crippen molar-refractivity contribution in [1.82, 2.24) is 16.0 Å². The first-order chi connectivity index (χ1) is 10.1. The van der Waals surface area contributed by atoms with Gasteiger partial charge in [-0.1, -0.05) is 13.8 Å². The molecular formula is C16H31IN4O2. The molecule has 0 aromatic heterocycles. The number of amides is 1. The SMILES string of the molecule is CN=C(NCC(=O)NC(C)(C)C)NC1C2CCOC2C1(C)C.I. The maximum atomic E-state index is 11.9. The molecule has 1 saturated carbocycles. The fourth-order valence-electron chi connectivity index (χ4n) is 3.59. The van der Waals surface area contributed by atoms with Gasteiger partial charge in [0.1, 0.15) is 0 Å². The second-order valence-electron chi connectivity index (χ2n) is 7.91. The van der Waals surface area contributed by atoms with Gasteiger partial charge in [-0.05, 0) is 27.2 Å². The highest BCUT2D eigenvalue weighted by Crippen LogP contribution is 2.51. The largest absolute Gasteiger partial charge is 0.377 e. The second-order valence-corrected chi connectivity index (χ2v) is 7.91. The molecule has 3 unspecified atom stereocenters. The minimum Gasteiger partial charge on any atom is -0.377 e. The first kappa shape index (κ1) is 20.5. The number of nitrogens with one attached hydrogen (secondary N) is 3. The van der Waals surface area contributed by atoms with E-state index in [-0.39, 0.29) is 47.4 Å². The maximum Gasteiger partial charge on any atom is 0.239 e. The number of nitrogens with zero attached hydrogens (tertiary/aromatic N) is 1. The van der Waals surface area contributed by atoms with Gasteiger partial charge in [-0.15, -0.1) is 24.0 Å². The van der Waals surface area contributed by atoms with Crippen LogP contribution in [0.25, 0.3) is 0 Å². The highest BCUT2D eigenvalue weighted by Gasteiger charge is 2.59. The lowest BCUT2D eigenvalue weighted by atomic mass is 9.57. The van der Waals surface area contributed by atoms with Gasteiger partial charge in [0.2, 0.25) is 5.91 Å². The molecule has 0 spiro atoms. The van der Waals surface area contributed by atoms with Crippen LogP contribution in [0.3, 0.4) is 0 Å². The van der Waals surface area contributed by atoms with E-state index in [4.69, 9.17) is 4.74 Å². The van der Waals surface area contributed by atoms with Gasteiger partial charge in [0, 0.05) is 36.6 Å². The Morgan fingerprint density at radius 1 is 1.35 bits per heavy atom. The Labute approximate surface area is 156 Å². The summed E-state index contributed by atoms with van der Waals surface area (Å²) in [6, 6.07) is 0.330. The number of fused-ring (bicyclic) bond motifs is 1. The molecule has 1 saturated heterocycles. The summed E-state index contributed by atoms with van der Waals surface area (Å²) in [6.45, 7) is 11.4. The van der Waals surface area contributed by atoms with E-state index in [1.807, 2.05) is 20.8 Å². The summed E-state index contributed by atoms with van der Waals surface area (Å²) in [5.74, 6) is 1.18. The van der Waals surface area contributed by atoms with Gasteiger partial charge in [-0.3, -0.25) is 9.79 Å². The molecule has 3 atom stereocenters. The number of halogens is 1. The Hall–Kier alpha value is -0.570. The number of ether oxygens (including phenoxy) is 1. The van der Waals surface area contributed by atoms with Crippen molar-refractivity contribution in [3.63, 3.8) is 0 Å². The van der Waals surface area contributed by atoms with E-state index in [2.05, 4.69) is 34.8 Å². The third-order valence-corrected chi connectivity index (χ3v) is 4.55. The summed E-state index contributed by atoms with van der Waals surface area (Å²) in [4.78, 5) is 16.1. The van der Waals surface area contributed by atoms with Gasteiger partial charge in [-0.2, -0.15) is 0 Å². The zero-order chi connectivity index (χ0) is 16.5. The lowest BCUT2D eigenvalue weighted by Crippen LogP contribution is -2.68. The molecule has 23 heavy (non-hydrogen) atoms. The third kappa shape index (κ3) is 4.71. The smallest absolute Gasteiger partial charge is 0.239 e. The van der Waals surface area contributed by atoms with Gasteiger partial charge in [0.15, 0.2) is 5.96 Å². The molecule has 1 amide bonds. The molecule has 2 aliphatic rings. The molecule has 7 heteroatoms. The van der Waals surface area contributed by atoms with Gasteiger partial charge in [0.05, 0.1) is 12.6 Å². The van der Waals surface area contributed by atoms with Crippen LogP contribution in [0.5, 0.6) is 0 Å². The maximum absolute atomic E-state index is 11.9. The quantitative estimate of drug-likeness (QED) is 0.355. The summed E-state index contributed by atoms with van der Waals surface area (Å²) < 4.78 is 5.80. The fraction of sp³-hybridized carbons (Fsp3) is 0.875. The van der Waals surface area contributed by atoms with Gasteiger partial charge in [0.25, 0.3) is 0 Å². The number of hydrogen-bond acceptors (Lipinski definition) is 3. The Balaban J connectivity index is 0.00000264. The van der Waals surface area contributed by atoms with Crippen LogP contribution in [0.2, 0.25) is 0 Å². The number of aliphatic imine (C=N–C) groups is 1. The normalized spacial score (nSPS) is 29.0. The van der Waals surface area contributed by atoms with Crippen LogP contribution in [0.15, 0.2) is 4.99 Å². The first-order valence-corrected chi connectivity index (χ1v) is 8.05. The minimum atomic E-state index is -0.222. The molecule has 2 fully saturated rings. The van der Waals surface area contributed by atoms with E-state index >= 15 is 0 Å². The van der Waals surface area contributed by atoms with E-state index < -0.39 is 0 Å². The molecule has 134 valence electrons. The molecule has 1 heterocycles. The Morgan fingerprint density at radius 2 is 2.00 bits per heavy atom. The Bertz CT molecular complexity index is 459. The van der Waals surface area contributed by atoms with Crippen molar-refractivity contribution in [3.05, 3.63) is 0 Å². The number of carbonyl (C=O) groups excluding carboxylic acids is 1. The lowest BCUT2D eigenvalue weighted by Gasteiger charge is -2.54. The monoisotopic (exact) mass is 438 g/mol. The van der Waals surface area contributed by atoms with Crippen LogP contribution in [0.1, 0.15) is 41.0 Å². The molecule has 1 aliphatic carbocycles. The average molecular weight is 438 g/mol. The zero-order valence-electron chi connectivity index (χ0n) is 15.0. The fourth-order valence-corrected chi connectivity index (χ4v) is 3.59. The second kappa shape index (κ2) is 7.55. The predicted octanol–water partition coefficient (Wildman–Crippen LogP) is 1.50. The Morgan fingerprint density at radius 3 is 2.57 bits per heavy atom. The topological polar surface area (TPSA) is 74.8 Å². The summed E-state index contributed by atoms with van der Waals surface area (Å²) >= 11 is 0. The van der Waals surface area contributed by atoms with Crippen molar-refractivity contribution in [3.8, 4) is 0 Å². The Kier molecular flexibility index (Phi) is 6.72. The van der Waals surface area contributed by atoms with Crippen molar-refractivity contribution in [2.24, 2.45) is 16.3 Å². The standard InChI is InChI=1S/C16H30N4O2.HI/c1-15(2,3)20-11(21)9-18-14(17-6)19-12-10-7-8-22-13(10)16(12,4)5;/h10,12-13H,7-9H2,1-6H3,(H,20,21)(H2,17,18,19);1H. The third-order valence-electron chi connectivity index (χ3n) is 4.55. The van der Waals surface area contributed by atoms with Crippen molar-refractivity contribution in [2.45, 2.75) is 58.7 Å². The van der Waals surface area contributed by atoms with Crippen molar-refractivity contribution in [2.75, 3.05) is 20.2 Å². The van der Waals surface area contributed by atoms with Crippen LogP contribution in [0.4, 0.5) is 0 Å². The molecule has 1 aliphatic heterocycles. The number of carbonyl (C=O) groups is 1. The van der Waals surface area contributed by atoms with E-state index in [1.54, 1.807) is 7.05 Å². The van der Waals surface area contributed by atoms with Crippen LogP contribution in [-0.4, -0.2) is 49.8 Å². The highest BCUT2D eigenvalue weighted by molar-refractivity contribution is 14.0. The van der Waals surface area contributed by atoms with Crippen LogP contribution < -0.4 is 16.0 Å². The van der Waals surface area contributed by atoms with Crippen LogP contribution in [-0.2, 0) is 9.53 Å². The molecule has 0 radical (unpaired) electrons. The van der Waals surface area contributed by atoms with Gasteiger partial charge >= 0.3 is 0 Å². The summed E-state index contributed by atoms with van der Waals surface area (Å²) in [5, 5.41) is 9.49. The number of guanidine groups is 1. The summed E-state index contributed by atoms with van der Waals surface area (Å²) in [6.07, 6.45) is 1.43. The predicted molar refractivity (Wildman–Crippen MR) is 103 cm³/mol. The number of rotatable bonds is 3. The first-order valence-electron chi connectivity index (χ1n) is 8.05. The average Bonchev–Trinajstić information content (AvgIpc) is 2.83. The van der Waals surface area contributed by atoms with Gasteiger partial charge < -0.3 is 20.7 Å². The molecule has 0 aromatic rings. The van der Waals surface area contributed by atoms with Gasteiger partial charge in [-0.25, -0.2) is 0 Å².